The molecule has 18 heteroatoms. The number of aliphatic hydroxyl groups is 2. The summed E-state index contributed by atoms with van der Waals surface area (Å²) in [4.78, 5) is 22.2. The zero-order valence-corrected chi connectivity index (χ0v) is 41.8. The molecular formula is C56H50Cl2N6O10. The second-order valence-electron chi connectivity index (χ2n) is 17.2. The van der Waals surface area contributed by atoms with Crippen molar-refractivity contribution in [2.24, 2.45) is 0 Å². The van der Waals surface area contributed by atoms with Crippen LogP contribution in [0.4, 0.5) is 0 Å². The van der Waals surface area contributed by atoms with Crippen LogP contribution in [0.1, 0.15) is 79.6 Å². The van der Waals surface area contributed by atoms with Crippen LogP contribution in [0.3, 0.4) is 0 Å². The third-order valence-electron chi connectivity index (χ3n) is 11.7. The molecule has 0 spiro atoms. The number of benzene rings is 6. The Labute approximate surface area is 437 Å². The van der Waals surface area contributed by atoms with Gasteiger partial charge in [0.05, 0.1) is 81.6 Å². The van der Waals surface area contributed by atoms with Crippen LogP contribution in [-0.4, -0.2) is 57.7 Å². The first-order valence-corrected chi connectivity index (χ1v) is 23.8. The van der Waals surface area contributed by atoms with Gasteiger partial charge in [-0.3, -0.25) is 9.59 Å². The number of nitriles is 4. The lowest BCUT2D eigenvalue weighted by atomic mass is 9.92. The van der Waals surface area contributed by atoms with Crippen LogP contribution in [0.25, 0.3) is 11.1 Å². The van der Waals surface area contributed by atoms with E-state index in [0.717, 1.165) is 33.4 Å². The molecule has 0 amide bonds. The molecule has 16 nitrogen and oxygen atoms in total. The predicted molar refractivity (Wildman–Crippen MR) is 273 cm³/mol. The summed E-state index contributed by atoms with van der Waals surface area (Å²) in [6, 6.07) is 36.0. The van der Waals surface area contributed by atoms with Gasteiger partial charge in [0.2, 0.25) is 0 Å². The van der Waals surface area contributed by atoms with Crippen molar-refractivity contribution in [2.45, 2.75) is 78.4 Å². The smallest absolute Gasteiger partial charge is 0.306 e. The fraction of sp³-hybridized carbons (Fsp3) is 0.250. The van der Waals surface area contributed by atoms with Crippen LogP contribution in [0, 0.1) is 59.2 Å². The van der Waals surface area contributed by atoms with E-state index in [1.807, 2.05) is 50.2 Å². The van der Waals surface area contributed by atoms with Gasteiger partial charge in [0.15, 0.2) is 0 Å². The van der Waals surface area contributed by atoms with E-state index in [2.05, 4.69) is 34.9 Å². The van der Waals surface area contributed by atoms with E-state index >= 15 is 0 Å². The molecule has 2 unspecified atom stereocenters. The number of hydrogen-bond donors (Lipinski definition) is 6. The third kappa shape index (κ3) is 15.4. The van der Waals surface area contributed by atoms with E-state index in [-0.39, 0.29) is 62.7 Å². The Balaban J connectivity index is 1.20. The maximum Gasteiger partial charge on any atom is 0.306 e. The molecule has 0 aliphatic carbocycles. The molecule has 0 aromatic heterocycles. The van der Waals surface area contributed by atoms with Crippen LogP contribution >= 0.6 is 23.2 Å². The Hall–Kier alpha value is -8.16. The van der Waals surface area contributed by atoms with Crippen molar-refractivity contribution in [1.29, 1.82) is 21.0 Å². The first kappa shape index (κ1) is 55.2. The number of halogens is 2. The summed E-state index contributed by atoms with van der Waals surface area (Å²) < 4.78 is 25.2. The van der Waals surface area contributed by atoms with Crippen LogP contribution in [0.2, 0.25) is 10.0 Å². The third-order valence-corrected chi connectivity index (χ3v) is 12.3. The average molecular weight is 1040 g/mol. The summed E-state index contributed by atoms with van der Waals surface area (Å²) >= 11 is 13.6. The van der Waals surface area contributed by atoms with Crippen molar-refractivity contribution in [3.63, 3.8) is 0 Å². The van der Waals surface area contributed by atoms with Crippen molar-refractivity contribution < 1.29 is 49.0 Å². The predicted octanol–water partition coefficient (Wildman–Crippen LogP) is 8.93. The summed E-state index contributed by atoms with van der Waals surface area (Å²) in [6.45, 7) is 4.50. The molecule has 74 heavy (non-hydrogen) atoms. The summed E-state index contributed by atoms with van der Waals surface area (Å²) in [5.74, 6) is -0.908. The lowest BCUT2D eigenvalue weighted by Crippen LogP contribution is -2.28. The Bertz CT molecular complexity index is 2940. The normalized spacial score (nSPS) is 11.5. The fourth-order valence-corrected chi connectivity index (χ4v) is 8.40. The van der Waals surface area contributed by atoms with Gasteiger partial charge in [-0.15, -0.1) is 0 Å². The van der Waals surface area contributed by atoms with Gasteiger partial charge < -0.3 is 50.0 Å². The molecule has 0 heterocycles. The minimum absolute atomic E-state index is 0.00568. The average Bonchev–Trinajstić information content (AvgIpc) is 3.37. The molecule has 0 fully saturated rings. The van der Waals surface area contributed by atoms with Crippen LogP contribution in [0.15, 0.2) is 97.1 Å². The molecule has 0 aliphatic rings. The summed E-state index contributed by atoms with van der Waals surface area (Å²) in [7, 11) is 0. The molecule has 0 radical (unpaired) electrons. The molecule has 6 aromatic rings. The number of hydrogen-bond acceptors (Lipinski definition) is 14. The van der Waals surface area contributed by atoms with E-state index < -0.39 is 37.0 Å². The molecule has 6 N–H and O–H groups in total. The van der Waals surface area contributed by atoms with Crippen molar-refractivity contribution in [3.05, 3.63) is 174 Å². The Kier molecular flexibility index (Phi) is 19.8. The quantitative estimate of drug-likeness (QED) is 0.0312. The highest BCUT2D eigenvalue weighted by Crippen LogP contribution is 2.37. The zero-order chi connectivity index (χ0) is 53.3. The molecule has 0 aliphatic heterocycles. The molecule has 2 atom stereocenters. The van der Waals surface area contributed by atoms with E-state index in [1.165, 1.54) is 12.1 Å². The van der Waals surface area contributed by atoms with Crippen LogP contribution < -0.4 is 29.6 Å². The Morgan fingerprint density at radius 3 is 1.20 bits per heavy atom. The van der Waals surface area contributed by atoms with E-state index in [1.54, 1.807) is 48.5 Å². The maximum atomic E-state index is 11.1. The Morgan fingerprint density at radius 1 is 0.514 bits per heavy atom. The summed E-state index contributed by atoms with van der Waals surface area (Å²) in [5.41, 5.74) is 9.05. The SMILES string of the molecule is Cc1c(COc2cc(OCc3cc(C#N)cc(C#N)c3)c(CNCC(O)CC(=O)O)cc2Cl)cccc1-c1cccc(COc2cc(OCc3cc(C#N)cc(C#N)c3)c(CNCC(O)CC(=O)O)cc2Cl)c1C. The maximum absolute atomic E-state index is 11.1. The number of ether oxygens (including phenoxy) is 4. The van der Waals surface area contributed by atoms with E-state index in [9.17, 15) is 40.8 Å². The van der Waals surface area contributed by atoms with Gasteiger partial charge in [-0.05, 0) is 107 Å². The van der Waals surface area contributed by atoms with Gasteiger partial charge in [-0.25, -0.2) is 0 Å². The number of carboxylic acids is 2. The number of aliphatic hydroxyl groups excluding tert-OH is 2. The number of carbonyl (C=O) groups is 2. The van der Waals surface area contributed by atoms with Gasteiger partial charge in [-0.2, -0.15) is 21.0 Å². The van der Waals surface area contributed by atoms with Crippen molar-refractivity contribution in [1.82, 2.24) is 10.6 Å². The monoisotopic (exact) mass is 1040 g/mol. The van der Waals surface area contributed by atoms with Gasteiger partial charge >= 0.3 is 11.9 Å². The molecule has 378 valence electrons. The molecular weight excluding hydrogens is 988 g/mol. The lowest BCUT2D eigenvalue weighted by molar-refractivity contribution is -0.140. The van der Waals surface area contributed by atoms with Gasteiger partial charge in [-0.1, -0.05) is 59.6 Å². The first-order valence-electron chi connectivity index (χ1n) is 23.0. The lowest BCUT2D eigenvalue weighted by Gasteiger charge is -2.19. The number of rotatable bonds is 25. The van der Waals surface area contributed by atoms with Crippen molar-refractivity contribution in [3.8, 4) is 58.4 Å². The highest BCUT2D eigenvalue weighted by atomic mass is 35.5. The second-order valence-corrected chi connectivity index (χ2v) is 18.0. The summed E-state index contributed by atoms with van der Waals surface area (Å²) in [5, 5.41) is 83.0. The molecule has 0 saturated carbocycles. The largest absolute Gasteiger partial charge is 0.488 e. The Morgan fingerprint density at radius 2 is 0.865 bits per heavy atom. The standard InChI is InChI=1S/C56H50Cl2N6O10/c1-33-41(31-73-53-19-51(71-29-39-11-35(21-59)9-36(12-39)22-60)43(15-49(53)57)25-63-27-45(65)17-55(67)68)5-3-7-47(33)48-8-4-6-42(34(48)2)32-74-54-20-52(72-30-40-13-37(23-61)10-38(14-40)24-62)44(16-50(54)58)26-64-28-46(66)18-56(69)70/h3-16,19-20,45-46,63-66H,17-18,25-32H2,1-2H3,(H,67,68)(H,69,70). The van der Waals surface area contributed by atoms with Crippen molar-refractivity contribution >= 4 is 35.1 Å². The number of nitrogens with one attached hydrogen (secondary N) is 2. The van der Waals surface area contributed by atoms with Crippen LogP contribution in [-0.2, 0) is 49.1 Å². The topological polar surface area (TPSA) is 271 Å². The highest BCUT2D eigenvalue weighted by molar-refractivity contribution is 6.32. The molecule has 6 rings (SSSR count). The summed E-state index contributed by atoms with van der Waals surface area (Å²) in [6.07, 6.45) is -3.13. The fourth-order valence-electron chi connectivity index (χ4n) is 7.92. The minimum Gasteiger partial charge on any atom is -0.488 e. The van der Waals surface area contributed by atoms with Gasteiger partial charge in [0.1, 0.15) is 49.4 Å². The molecule has 0 saturated heterocycles. The number of aliphatic carboxylic acids is 2. The first-order chi connectivity index (χ1) is 35.6. The second kappa shape index (κ2) is 26.5. The number of nitrogens with zero attached hydrogens (tertiary/aromatic N) is 4. The van der Waals surface area contributed by atoms with Crippen LogP contribution in [0.5, 0.6) is 23.0 Å². The molecule has 6 aromatic carbocycles. The zero-order valence-electron chi connectivity index (χ0n) is 40.2. The minimum atomic E-state index is -1.13. The van der Waals surface area contributed by atoms with Gasteiger partial charge in [0, 0.05) is 49.4 Å². The van der Waals surface area contributed by atoms with Gasteiger partial charge in [0.25, 0.3) is 0 Å². The van der Waals surface area contributed by atoms with Crippen molar-refractivity contribution in [2.75, 3.05) is 13.1 Å². The number of carboxylic acid groups (broad SMARTS) is 2. The highest BCUT2D eigenvalue weighted by Gasteiger charge is 2.19. The van der Waals surface area contributed by atoms with E-state index in [4.69, 9.17) is 52.4 Å². The van der Waals surface area contributed by atoms with E-state index in [0.29, 0.717) is 67.5 Å². The molecule has 0 bridgehead atoms.